The van der Waals surface area contributed by atoms with Crippen LogP contribution in [-0.2, 0) is 0 Å². The Morgan fingerprint density at radius 3 is 2.66 bits per heavy atom. The molecular weight excluding hydrogens is 360 g/mol. The van der Waals surface area contributed by atoms with Gasteiger partial charge in [-0.3, -0.25) is 4.79 Å². The van der Waals surface area contributed by atoms with Gasteiger partial charge in [0, 0.05) is 29.1 Å². The number of hydrogen-bond acceptors (Lipinski definition) is 5. The van der Waals surface area contributed by atoms with E-state index in [0.717, 1.165) is 28.1 Å². The minimum absolute atomic E-state index is 0.0438. The van der Waals surface area contributed by atoms with Crippen LogP contribution in [-0.4, -0.2) is 22.7 Å². The van der Waals surface area contributed by atoms with Gasteiger partial charge < -0.3 is 16.0 Å². The van der Waals surface area contributed by atoms with Crippen LogP contribution in [0.5, 0.6) is 0 Å². The van der Waals surface area contributed by atoms with Crippen molar-refractivity contribution in [1.82, 2.24) is 10.2 Å². The number of nitrogens with two attached hydrogens (primary N) is 1. The van der Waals surface area contributed by atoms with E-state index >= 15 is 0 Å². The van der Waals surface area contributed by atoms with Gasteiger partial charge in [-0.25, -0.2) is 4.99 Å². The number of nitrogens with zero attached hydrogens (tertiary/aromatic N) is 2. The third-order valence-electron chi connectivity index (χ3n) is 6.16. The highest BCUT2D eigenvalue weighted by Gasteiger charge is 2.40. The largest absolute Gasteiger partial charge is 0.382 e. The molecule has 0 bridgehead atoms. The first-order valence-corrected chi connectivity index (χ1v) is 10.1. The molecule has 1 aliphatic carbocycles. The predicted molar refractivity (Wildman–Crippen MR) is 115 cm³/mol. The summed E-state index contributed by atoms with van der Waals surface area (Å²) in [5.41, 5.74) is 11.6. The number of fused-ring (bicyclic) bond motifs is 1. The van der Waals surface area contributed by atoms with E-state index in [2.05, 4.69) is 21.3 Å². The molecule has 2 aromatic carbocycles. The Morgan fingerprint density at radius 1 is 1.17 bits per heavy atom. The lowest BCUT2D eigenvalue weighted by atomic mass is 9.82. The third-order valence-corrected chi connectivity index (χ3v) is 6.16. The number of carbonyl (C=O) groups is 1. The fourth-order valence-electron chi connectivity index (χ4n) is 4.37. The van der Waals surface area contributed by atoms with E-state index in [4.69, 9.17) is 5.73 Å². The van der Waals surface area contributed by atoms with Gasteiger partial charge in [-0.2, -0.15) is 0 Å². The van der Waals surface area contributed by atoms with Crippen LogP contribution in [0.2, 0.25) is 0 Å². The average molecular weight is 384 g/mol. The predicted octanol–water partition coefficient (Wildman–Crippen LogP) is 3.77. The first-order valence-electron chi connectivity index (χ1n) is 10.1. The summed E-state index contributed by atoms with van der Waals surface area (Å²) in [4.78, 5) is 19.4. The molecule has 0 amide bonds. The number of ketones is 1. The molecule has 5 nitrogen and oxygen atoms in total. The Balaban J connectivity index is 1.51. The molecule has 3 aliphatic rings. The Morgan fingerprint density at radius 2 is 1.97 bits per heavy atom. The molecule has 2 aromatic rings. The minimum atomic E-state index is 0.0438. The molecular formula is C24H24N4O. The van der Waals surface area contributed by atoms with Crippen LogP contribution >= 0.6 is 0 Å². The van der Waals surface area contributed by atoms with Crippen molar-refractivity contribution < 1.29 is 4.79 Å². The van der Waals surface area contributed by atoms with E-state index in [0.29, 0.717) is 17.3 Å². The summed E-state index contributed by atoms with van der Waals surface area (Å²) < 4.78 is 0. The summed E-state index contributed by atoms with van der Waals surface area (Å²) >= 11 is 0. The van der Waals surface area contributed by atoms with E-state index < -0.39 is 0 Å². The van der Waals surface area contributed by atoms with Gasteiger partial charge in [0.2, 0.25) is 0 Å². The zero-order valence-corrected chi connectivity index (χ0v) is 16.4. The fourth-order valence-corrected chi connectivity index (χ4v) is 4.37. The standard InChI is InChI=1S/C24H24N4O/c1-15-14-18(10-11-19(15)22(29)16-6-3-2-4-7-16)20-21-23(25)26-12-13-28(21)24(27-20)17-8-5-9-17/h2-4,6-7,10-14,17,24,27H,5,8-9H2,1H3,(H2,25,26). The maximum atomic E-state index is 12.9. The van der Waals surface area contributed by atoms with E-state index in [1.165, 1.54) is 19.3 Å². The summed E-state index contributed by atoms with van der Waals surface area (Å²) in [7, 11) is 0. The number of carbonyl (C=O) groups excluding carboxylic acids is 1. The Labute approximate surface area is 170 Å². The average Bonchev–Trinajstić information content (AvgIpc) is 3.07. The summed E-state index contributed by atoms with van der Waals surface area (Å²) in [5, 5.41) is 3.70. The number of amidine groups is 1. The Hall–Kier alpha value is -3.34. The van der Waals surface area contributed by atoms with Crippen LogP contribution in [0.4, 0.5) is 0 Å². The van der Waals surface area contributed by atoms with Gasteiger partial charge in [0.1, 0.15) is 17.7 Å². The highest BCUT2D eigenvalue weighted by molar-refractivity contribution is 6.10. The second-order valence-corrected chi connectivity index (χ2v) is 7.95. The lowest BCUT2D eigenvalue weighted by molar-refractivity contribution is 0.103. The summed E-state index contributed by atoms with van der Waals surface area (Å²) in [6, 6.07) is 15.4. The minimum Gasteiger partial charge on any atom is -0.382 e. The molecule has 2 heterocycles. The van der Waals surface area contributed by atoms with Crippen molar-refractivity contribution in [2.75, 3.05) is 0 Å². The lowest BCUT2D eigenvalue weighted by Gasteiger charge is -2.37. The fraction of sp³-hybridized carbons (Fsp3) is 0.250. The van der Waals surface area contributed by atoms with Gasteiger partial charge in [0.15, 0.2) is 5.78 Å². The highest BCUT2D eigenvalue weighted by atomic mass is 16.1. The van der Waals surface area contributed by atoms with Crippen molar-refractivity contribution in [2.45, 2.75) is 32.4 Å². The zero-order valence-electron chi connectivity index (χ0n) is 16.4. The molecule has 0 aromatic heterocycles. The van der Waals surface area contributed by atoms with Gasteiger partial charge in [0.05, 0.1) is 5.70 Å². The van der Waals surface area contributed by atoms with E-state index in [-0.39, 0.29) is 11.9 Å². The van der Waals surface area contributed by atoms with Crippen molar-refractivity contribution in [3.63, 3.8) is 0 Å². The first kappa shape index (κ1) is 17.7. The Kier molecular flexibility index (Phi) is 4.23. The maximum absolute atomic E-state index is 12.9. The first-order chi connectivity index (χ1) is 14.1. The van der Waals surface area contributed by atoms with Crippen LogP contribution in [0.15, 0.2) is 71.6 Å². The second-order valence-electron chi connectivity index (χ2n) is 7.95. The quantitative estimate of drug-likeness (QED) is 0.788. The van der Waals surface area contributed by atoms with Crippen LogP contribution in [0.25, 0.3) is 5.70 Å². The highest BCUT2D eigenvalue weighted by Crippen LogP contribution is 2.39. The molecule has 0 saturated heterocycles. The van der Waals surface area contributed by atoms with Crippen molar-refractivity contribution in [3.05, 3.63) is 88.9 Å². The van der Waals surface area contributed by atoms with Crippen molar-refractivity contribution >= 4 is 17.3 Å². The van der Waals surface area contributed by atoms with Gasteiger partial charge >= 0.3 is 0 Å². The molecule has 0 radical (unpaired) electrons. The molecule has 3 N–H and O–H groups in total. The van der Waals surface area contributed by atoms with Crippen LogP contribution in [0, 0.1) is 12.8 Å². The normalized spacial score (nSPS) is 20.8. The summed E-state index contributed by atoms with van der Waals surface area (Å²) in [6.45, 7) is 1.99. The molecule has 2 aliphatic heterocycles. The van der Waals surface area contributed by atoms with Gasteiger partial charge in [-0.15, -0.1) is 0 Å². The number of aliphatic imine (C=N–C) groups is 1. The molecule has 1 atom stereocenters. The molecule has 146 valence electrons. The van der Waals surface area contributed by atoms with Gasteiger partial charge in [-0.1, -0.05) is 48.9 Å². The number of nitrogens with one attached hydrogen (secondary N) is 1. The number of rotatable bonds is 4. The van der Waals surface area contributed by atoms with Crippen LogP contribution < -0.4 is 11.1 Å². The van der Waals surface area contributed by atoms with Crippen molar-refractivity contribution in [2.24, 2.45) is 16.6 Å². The molecule has 5 rings (SSSR count). The topological polar surface area (TPSA) is 70.7 Å². The third kappa shape index (κ3) is 2.94. The van der Waals surface area contributed by atoms with E-state index in [1.54, 1.807) is 6.20 Å². The smallest absolute Gasteiger partial charge is 0.193 e. The van der Waals surface area contributed by atoms with Crippen molar-refractivity contribution in [3.8, 4) is 0 Å². The SMILES string of the molecule is Cc1cc(C2=C3C(N)=NC=CN3C(C3CCC3)N2)ccc1C(=O)c1ccccc1. The van der Waals surface area contributed by atoms with E-state index in [9.17, 15) is 4.79 Å². The number of aryl methyl sites for hydroxylation is 1. The van der Waals surface area contributed by atoms with Crippen LogP contribution in [0.1, 0.15) is 46.3 Å². The molecule has 1 fully saturated rings. The molecule has 1 unspecified atom stereocenters. The number of hydrogen-bond donors (Lipinski definition) is 2. The molecule has 29 heavy (non-hydrogen) atoms. The monoisotopic (exact) mass is 384 g/mol. The number of benzene rings is 2. The lowest BCUT2D eigenvalue weighted by Crippen LogP contribution is -2.45. The van der Waals surface area contributed by atoms with Gasteiger partial charge in [-0.05, 0) is 37.3 Å². The summed E-state index contributed by atoms with van der Waals surface area (Å²) in [5.74, 6) is 1.18. The van der Waals surface area contributed by atoms with E-state index in [1.807, 2.05) is 55.6 Å². The maximum Gasteiger partial charge on any atom is 0.193 e. The van der Waals surface area contributed by atoms with Crippen molar-refractivity contribution in [1.29, 1.82) is 0 Å². The van der Waals surface area contributed by atoms with Gasteiger partial charge in [0.25, 0.3) is 0 Å². The molecule has 5 heteroatoms. The zero-order chi connectivity index (χ0) is 20.0. The molecule has 0 spiro atoms. The second kappa shape index (κ2) is 6.92. The Bertz CT molecular complexity index is 1060. The molecule has 1 saturated carbocycles. The van der Waals surface area contributed by atoms with Crippen LogP contribution in [0.3, 0.4) is 0 Å². The summed E-state index contributed by atoms with van der Waals surface area (Å²) in [6.07, 6.45) is 7.72.